The zero-order valence-electron chi connectivity index (χ0n) is 13.6. The zero-order valence-corrected chi connectivity index (χ0v) is 15.1. The highest BCUT2D eigenvalue weighted by Gasteiger charge is 2.13. The summed E-state index contributed by atoms with van der Waals surface area (Å²) in [5.41, 5.74) is 11.4. The van der Waals surface area contributed by atoms with Gasteiger partial charge in [-0.1, -0.05) is 35.3 Å². The van der Waals surface area contributed by atoms with Crippen molar-refractivity contribution in [2.75, 3.05) is 16.5 Å². The van der Waals surface area contributed by atoms with E-state index in [1.165, 1.54) is 24.5 Å². The van der Waals surface area contributed by atoms with E-state index in [-0.39, 0.29) is 22.9 Å². The maximum absolute atomic E-state index is 13.6. The Hall–Kier alpha value is -3.10. The third-order valence-corrected chi connectivity index (χ3v) is 4.04. The number of anilines is 4. The summed E-state index contributed by atoms with van der Waals surface area (Å²) >= 11 is 12.1. The van der Waals surface area contributed by atoms with E-state index in [9.17, 15) is 9.18 Å². The van der Waals surface area contributed by atoms with Crippen LogP contribution in [0.15, 0.2) is 48.8 Å². The van der Waals surface area contributed by atoms with Crippen molar-refractivity contribution in [3.63, 3.8) is 0 Å². The largest absolute Gasteiger partial charge is 0.393 e. The van der Waals surface area contributed by atoms with Gasteiger partial charge in [-0.3, -0.25) is 15.6 Å². The molecule has 0 fully saturated rings. The average Bonchev–Trinajstić information content (AvgIpc) is 2.65. The molecule has 5 N–H and O–H groups in total. The lowest BCUT2D eigenvalue weighted by Gasteiger charge is -2.14. The topological polar surface area (TPSA) is 105 Å². The minimum atomic E-state index is -0.682. The average molecular weight is 407 g/mol. The highest BCUT2D eigenvalue weighted by Crippen LogP contribution is 2.31. The molecule has 0 spiro atoms. The zero-order chi connectivity index (χ0) is 19.4. The van der Waals surface area contributed by atoms with Crippen LogP contribution in [0.25, 0.3) is 0 Å². The van der Waals surface area contributed by atoms with Crippen molar-refractivity contribution < 1.29 is 9.18 Å². The first kappa shape index (κ1) is 18.7. The summed E-state index contributed by atoms with van der Waals surface area (Å²) in [4.78, 5) is 20.1. The fourth-order valence-electron chi connectivity index (χ4n) is 2.14. The minimum absolute atomic E-state index is 0.113. The Morgan fingerprint density at radius 1 is 1.07 bits per heavy atom. The SMILES string of the molecule is Nc1c(NNC(=O)c2ccccc2F)ncnc1Nc1cc(Cl)ccc1Cl. The number of nitrogen functional groups attached to an aromatic ring is 1. The first-order valence-corrected chi connectivity index (χ1v) is 8.34. The summed E-state index contributed by atoms with van der Waals surface area (Å²) in [6, 6.07) is 10.4. The predicted molar refractivity (Wildman–Crippen MR) is 104 cm³/mol. The molecule has 138 valence electrons. The molecule has 0 atom stereocenters. The van der Waals surface area contributed by atoms with Crippen molar-refractivity contribution in [2.24, 2.45) is 0 Å². The first-order chi connectivity index (χ1) is 13.0. The molecule has 0 saturated heterocycles. The van der Waals surface area contributed by atoms with Gasteiger partial charge in [-0.25, -0.2) is 14.4 Å². The number of nitrogens with one attached hydrogen (secondary N) is 3. The number of hydrazine groups is 1. The van der Waals surface area contributed by atoms with Crippen LogP contribution in [0.5, 0.6) is 0 Å². The summed E-state index contributed by atoms with van der Waals surface area (Å²) in [5, 5.41) is 3.84. The lowest BCUT2D eigenvalue weighted by Crippen LogP contribution is -2.31. The highest BCUT2D eigenvalue weighted by molar-refractivity contribution is 6.35. The second kappa shape index (κ2) is 8.07. The lowest BCUT2D eigenvalue weighted by atomic mass is 10.2. The van der Waals surface area contributed by atoms with Crippen molar-refractivity contribution in [3.05, 3.63) is 70.2 Å². The van der Waals surface area contributed by atoms with Crippen molar-refractivity contribution in [3.8, 4) is 0 Å². The summed E-state index contributed by atoms with van der Waals surface area (Å²) in [7, 11) is 0. The molecular formula is C17H13Cl2FN6O. The lowest BCUT2D eigenvalue weighted by molar-refractivity contribution is 0.0958. The molecule has 10 heteroatoms. The third-order valence-electron chi connectivity index (χ3n) is 3.48. The van der Waals surface area contributed by atoms with Gasteiger partial charge in [0.25, 0.3) is 5.91 Å². The smallest absolute Gasteiger partial charge is 0.272 e. The van der Waals surface area contributed by atoms with Gasteiger partial charge in [0.2, 0.25) is 0 Å². The van der Waals surface area contributed by atoms with Gasteiger partial charge in [-0.2, -0.15) is 0 Å². The highest BCUT2D eigenvalue weighted by atomic mass is 35.5. The van der Waals surface area contributed by atoms with Crippen LogP contribution in [-0.4, -0.2) is 15.9 Å². The Morgan fingerprint density at radius 2 is 1.81 bits per heavy atom. The number of hydrogen-bond acceptors (Lipinski definition) is 6. The number of hydrogen-bond donors (Lipinski definition) is 4. The van der Waals surface area contributed by atoms with Gasteiger partial charge < -0.3 is 11.1 Å². The minimum Gasteiger partial charge on any atom is -0.393 e. The molecule has 0 aliphatic rings. The van der Waals surface area contributed by atoms with E-state index in [2.05, 4.69) is 26.1 Å². The van der Waals surface area contributed by atoms with Crippen LogP contribution in [0.2, 0.25) is 10.0 Å². The van der Waals surface area contributed by atoms with Gasteiger partial charge in [0.15, 0.2) is 11.6 Å². The number of benzene rings is 2. The van der Waals surface area contributed by atoms with E-state index in [0.717, 1.165) is 0 Å². The fraction of sp³-hybridized carbons (Fsp3) is 0. The number of nitrogens with zero attached hydrogens (tertiary/aromatic N) is 2. The normalized spacial score (nSPS) is 10.3. The summed E-state index contributed by atoms with van der Waals surface area (Å²) in [5.74, 6) is -0.962. The monoisotopic (exact) mass is 406 g/mol. The molecule has 3 aromatic rings. The van der Waals surface area contributed by atoms with Crippen LogP contribution < -0.4 is 21.9 Å². The Morgan fingerprint density at radius 3 is 2.59 bits per heavy atom. The van der Waals surface area contributed by atoms with Crippen molar-refractivity contribution in [2.45, 2.75) is 0 Å². The number of halogens is 3. The summed E-state index contributed by atoms with van der Waals surface area (Å²) in [6.07, 6.45) is 1.23. The summed E-state index contributed by atoms with van der Waals surface area (Å²) in [6.45, 7) is 0. The molecule has 0 radical (unpaired) electrons. The van der Waals surface area contributed by atoms with E-state index < -0.39 is 11.7 Å². The molecule has 1 heterocycles. The van der Waals surface area contributed by atoms with Crippen LogP contribution in [0.4, 0.5) is 27.4 Å². The molecule has 7 nitrogen and oxygen atoms in total. The number of aromatic nitrogens is 2. The van der Waals surface area contributed by atoms with E-state index >= 15 is 0 Å². The molecule has 0 aliphatic carbocycles. The molecule has 0 unspecified atom stereocenters. The van der Waals surface area contributed by atoms with Crippen molar-refractivity contribution >= 4 is 52.1 Å². The Labute approximate surface area is 163 Å². The maximum Gasteiger partial charge on any atom is 0.272 e. The van der Waals surface area contributed by atoms with Gasteiger partial charge in [0.05, 0.1) is 16.3 Å². The quantitative estimate of drug-likeness (QED) is 0.477. The Balaban J connectivity index is 1.76. The van der Waals surface area contributed by atoms with Crippen LogP contribution in [-0.2, 0) is 0 Å². The van der Waals surface area contributed by atoms with Gasteiger partial charge >= 0.3 is 0 Å². The van der Waals surface area contributed by atoms with E-state index in [1.807, 2.05) is 0 Å². The molecule has 0 saturated carbocycles. The number of carbonyl (C=O) groups is 1. The van der Waals surface area contributed by atoms with E-state index in [4.69, 9.17) is 28.9 Å². The van der Waals surface area contributed by atoms with Gasteiger partial charge in [-0.15, -0.1) is 0 Å². The standard InChI is InChI=1S/C17H13Cl2FN6O/c18-9-5-6-11(19)13(7-9)24-15-14(21)16(23-8-22-15)25-26-17(27)10-3-1-2-4-12(10)20/h1-8H,21H2,(H,26,27)(H2,22,23,24,25). The second-order valence-corrected chi connectivity index (χ2v) is 6.14. The van der Waals surface area contributed by atoms with Crippen LogP contribution >= 0.6 is 23.2 Å². The number of nitrogens with two attached hydrogens (primary N) is 1. The molecule has 1 amide bonds. The number of rotatable bonds is 5. The van der Waals surface area contributed by atoms with Crippen LogP contribution in [0.3, 0.4) is 0 Å². The van der Waals surface area contributed by atoms with Crippen LogP contribution in [0, 0.1) is 5.82 Å². The Kier molecular flexibility index (Phi) is 5.58. The second-order valence-electron chi connectivity index (χ2n) is 5.29. The van der Waals surface area contributed by atoms with E-state index in [0.29, 0.717) is 15.7 Å². The van der Waals surface area contributed by atoms with Crippen LogP contribution in [0.1, 0.15) is 10.4 Å². The molecule has 0 aliphatic heterocycles. The maximum atomic E-state index is 13.6. The first-order valence-electron chi connectivity index (χ1n) is 7.59. The molecule has 1 aromatic heterocycles. The molecule has 3 rings (SSSR count). The number of carbonyl (C=O) groups excluding carboxylic acids is 1. The van der Waals surface area contributed by atoms with Crippen molar-refractivity contribution in [1.29, 1.82) is 0 Å². The van der Waals surface area contributed by atoms with E-state index in [1.54, 1.807) is 24.3 Å². The third kappa shape index (κ3) is 4.36. The molecule has 0 bridgehead atoms. The molecule has 27 heavy (non-hydrogen) atoms. The molecule has 2 aromatic carbocycles. The summed E-state index contributed by atoms with van der Waals surface area (Å²) < 4.78 is 13.6. The molecular weight excluding hydrogens is 394 g/mol. The van der Waals surface area contributed by atoms with Gasteiger partial charge in [0.1, 0.15) is 17.8 Å². The Bertz CT molecular complexity index is 1000. The van der Waals surface area contributed by atoms with Crippen molar-refractivity contribution in [1.82, 2.24) is 15.4 Å². The van der Waals surface area contributed by atoms with Gasteiger partial charge in [-0.05, 0) is 30.3 Å². The predicted octanol–water partition coefficient (Wildman–Crippen LogP) is 4.01. The fourth-order valence-corrected chi connectivity index (χ4v) is 2.48. The van der Waals surface area contributed by atoms with Gasteiger partial charge in [0, 0.05) is 5.02 Å². The number of amides is 1.